The summed E-state index contributed by atoms with van der Waals surface area (Å²) in [4.78, 5) is 0. The summed E-state index contributed by atoms with van der Waals surface area (Å²) in [6.07, 6.45) is 7.17. The molecule has 14 heavy (non-hydrogen) atoms. The van der Waals surface area contributed by atoms with Crippen molar-refractivity contribution in [3.05, 3.63) is 58.8 Å². The summed E-state index contributed by atoms with van der Waals surface area (Å²) in [6, 6.07) is 8.18. The van der Waals surface area contributed by atoms with Gasteiger partial charge in [-0.25, -0.2) is 4.39 Å². The largest absolute Gasteiger partial charge is 0.207 e. The first kappa shape index (κ1) is 7.74. The number of hydrogen-bond donors (Lipinski definition) is 0. The van der Waals surface area contributed by atoms with E-state index in [1.807, 2.05) is 18.2 Å². The van der Waals surface area contributed by atoms with Crippen molar-refractivity contribution in [1.29, 1.82) is 0 Å². The Morgan fingerprint density at radius 1 is 1.00 bits per heavy atom. The molecule has 1 aromatic carbocycles. The van der Waals surface area contributed by atoms with Crippen molar-refractivity contribution in [1.82, 2.24) is 0 Å². The van der Waals surface area contributed by atoms with Gasteiger partial charge in [0.15, 0.2) is 0 Å². The van der Waals surface area contributed by atoms with Crippen LogP contribution in [0.5, 0.6) is 0 Å². The molecule has 0 heterocycles. The van der Waals surface area contributed by atoms with Crippen LogP contribution in [0.3, 0.4) is 0 Å². The third kappa shape index (κ3) is 0.987. The Hall–Kier alpha value is -1.63. The zero-order valence-electron chi connectivity index (χ0n) is 7.57. The number of rotatable bonds is 0. The Bertz CT molecular complexity index is 561. The van der Waals surface area contributed by atoms with Gasteiger partial charge in [-0.05, 0) is 28.2 Å². The van der Waals surface area contributed by atoms with E-state index in [-0.39, 0.29) is 11.7 Å². The van der Waals surface area contributed by atoms with Crippen LogP contribution >= 0.6 is 0 Å². The fraction of sp³-hybridized carbons (Fsp3) is 0.0769. The Labute approximate surface area is 81.4 Å². The van der Waals surface area contributed by atoms with E-state index in [0.717, 1.165) is 0 Å². The Morgan fingerprint density at radius 3 is 2.79 bits per heavy atom. The maximum atomic E-state index is 13.0. The molecule has 1 atom stereocenters. The summed E-state index contributed by atoms with van der Waals surface area (Å²) < 4.78 is 13.0. The first-order valence-electron chi connectivity index (χ1n) is 4.71. The maximum absolute atomic E-state index is 13.0. The maximum Gasteiger partial charge on any atom is 0.120 e. The lowest BCUT2D eigenvalue weighted by Crippen LogP contribution is -2.21. The highest BCUT2D eigenvalue weighted by atomic mass is 19.1. The number of halogens is 1. The fourth-order valence-corrected chi connectivity index (χ4v) is 2.10. The zero-order chi connectivity index (χ0) is 9.54. The van der Waals surface area contributed by atoms with Crippen molar-refractivity contribution in [2.75, 3.05) is 0 Å². The molecule has 68 valence electrons. The quantitative estimate of drug-likeness (QED) is 0.575. The Balaban J connectivity index is 2.36. The SMILES string of the molecule is FC1=C[C@H]2C=c3ccccc3=C2C=C1. The van der Waals surface area contributed by atoms with Crippen LogP contribution in [-0.2, 0) is 0 Å². The molecule has 1 aromatic rings. The second kappa shape index (κ2) is 2.68. The van der Waals surface area contributed by atoms with E-state index in [1.165, 1.54) is 22.1 Å². The summed E-state index contributed by atoms with van der Waals surface area (Å²) in [7, 11) is 0. The standard InChI is InChI=1S/C13H9F/c14-11-5-6-13-10(8-11)7-9-3-1-2-4-12(9)13/h1-8,10H/t10-/m1/s1. The normalized spacial score (nSPS) is 22.5. The second-order valence-corrected chi connectivity index (χ2v) is 3.62. The van der Waals surface area contributed by atoms with Crippen LogP contribution in [-0.4, -0.2) is 0 Å². The monoisotopic (exact) mass is 184 g/mol. The number of allylic oxidation sites excluding steroid dienone is 4. The van der Waals surface area contributed by atoms with E-state index in [4.69, 9.17) is 0 Å². The second-order valence-electron chi connectivity index (χ2n) is 3.62. The smallest absolute Gasteiger partial charge is 0.120 e. The summed E-state index contributed by atoms with van der Waals surface area (Å²) in [5.74, 6) is 0.000191. The summed E-state index contributed by atoms with van der Waals surface area (Å²) in [5, 5.41) is 2.45. The predicted octanol–water partition coefficient (Wildman–Crippen LogP) is 1.67. The number of benzene rings is 1. The van der Waals surface area contributed by atoms with Crippen LogP contribution in [0.15, 0.2) is 48.3 Å². The van der Waals surface area contributed by atoms with Gasteiger partial charge in [-0.1, -0.05) is 36.4 Å². The molecule has 2 aliphatic rings. The van der Waals surface area contributed by atoms with Crippen molar-refractivity contribution in [2.45, 2.75) is 0 Å². The van der Waals surface area contributed by atoms with Crippen LogP contribution in [0.2, 0.25) is 0 Å². The molecular weight excluding hydrogens is 175 g/mol. The lowest BCUT2D eigenvalue weighted by Gasteiger charge is -2.09. The van der Waals surface area contributed by atoms with Gasteiger partial charge in [-0.3, -0.25) is 0 Å². The van der Waals surface area contributed by atoms with Crippen molar-refractivity contribution in [3.8, 4) is 0 Å². The number of hydrogen-bond acceptors (Lipinski definition) is 0. The van der Waals surface area contributed by atoms with Gasteiger partial charge in [0, 0.05) is 5.92 Å². The molecule has 0 saturated carbocycles. The molecule has 0 fully saturated rings. The molecule has 0 unspecified atom stereocenters. The molecule has 2 aliphatic carbocycles. The molecule has 0 spiro atoms. The van der Waals surface area contributed by atoms with Gasteiger partial charge in [-0.2, -0.15) is 0 Å². The molecule has 0 N–H and O–H groups in total. The van der Waals surface area contributed by atoms with Gasteiger partial charge in [-0.15, -0.1) is 0 Å². The average Bonchev–Trinajstić information content (AvgIpc) is 2.54. The predicted molar refractivity (Wildman–Crippen MR) is 55.4 cm³/mol. The van der Waals surface area contributed by atoms with E-state index < -0.39 is 0 Å². The van der Waals surface area contributed by atoms with Crippen LogP contribution in [0, 0.1) is 5.92 Å². The van der Waals surface area contributed by atoms with E-state index in [1.54, 1.807) is 6.08 Å². The molecule has 0 radical (unpaired) electrons. The third-order valence-electron chi connectivity index (χ3n) is 2.75. The summed E-state index contributed by atoms with van der Waals surface area (Å²) in [5.41, 5.74) is 1.21. The first-order chi connectivity index (χ1) is 6.84. The van der Waals surface area contributed by atoms with Crippen molar-refractivity contribution >= 4 is 11.6 Å². The number of fused-ring (bicyclic) bond motifs is 2. The first-order valence-corrected chi connectivity index (χ1v) is 4.71. The Kier molecular flexibility index (Phi) is 1.48. The topological polar surface area (TPSA) is 0 Å². The van der Waals surface area contributed by atoms with Crippen LogP contribution < -0.4 is 10.4 Å². The van der Waals surface area contributed by atoms with Crippen molar-refractivity contribution in [3.63, 3.8) is 0 Å². The van der Waals surface area contributed by atoms with Crippen LogP contribution in [0.4, 0.5) is 4.39 Å². The molecule has 3 rings (SSSR count). The lowest BCUT2D eigenvalue weighted by atomic mass is 9.96. The minimum absolute atomic E-state index is 0.136. The van der Waals surface area contributed by atoms with Crippen LogP contribution in [0.25, 0.3) is 11.6 Å². The van der Waals surface area contributed by atoms with Gasteiger partial charge in [0.2, 0.25) is 0 Å². The molecule has 1 heteroatoms. The molecule has 0 saturated heterocycles. The Morgan fingerprint density at radius 2 is 1.86 bits per heavy atom. The van der Waals surface area contributed by atoms with Gasteiger partial charge < -0.3 is 0 Å². The molecule has 0 aliphatic heterocycles. The van der Waals surface area contributed by atoms with E-state index in [0.29, 0.717) is 0 Å². The van der Waals surface area contributed by atoms with E-state index in [2.05, 4.69) is 18.2 Å². The van der Waals surface area contributed by atoms with E-state index in [9.17, 15) is 4.39 Å². The molecule has 0 bridgehead atoms. The fourth-order valence-electron chi connectivity index (χ4n) is 2.10. The van der Waals surface area contributed by atoms with Gasteiger partial charge in [0.1, 0.15) is 5.83 Å². The molecular formula is C13H9F. The molecule has 0 aromatic heterocycles. The summed E-state index contributed by atoms with van der Waals surface area (Å²) >= 11 is 0. The van der Waals surface area contributed by atoms with Gasteiger partial charge >= 0.3 is 0 Å². The highest BCUT2D eigenvalue weighted by Crippen LogP contribution is 2.25. The van der Waals surface area contributed by atoms with Crippen molar-refractivity contribution < 1.29 is 4.39 Å². The highest BCUT2D eigenvalue weighted by Gasteiger charge is 2.16. The average molecular weight is 184 g/mol. The van der Waals surface area contributed by atoms with Gasteiger partial charge in [0.25, 0.3) is 0 Å². The lowest BCUT2D eigenvalue weighted by molar-refractivity contribution is 0.656. The van der Waals surface area contributed by atoms with E-state index >= 15 is 0 Å². The van der Waals surface area contributed by atoms with Crippen LogP contribution in [0.1, 0.15) is 0 Å². The van der Waals surface area contributed by atoms with Crippen molar-refractivity contribution in [2.24, 2.45) is 5.92 Å². The highest BCUT2D eigenvalue weighted by molar-refractivity contribution is 5.74. The zero-order valence-corrected chi connectivity index (χ0v) is 7.57. The molecule has 0 amide bonds. The summed E-state index contributed by atoms with van der Waals surface area (Å²) in [6.45, 7) is 0. The minimum atomic E-state index is -0.136. The van der Waals surface area contributed by atoms with Gasteiger partial charge in [0.05, 0.1) is 0 Å². The molecule has 0 nitrogen and oxygen atoms in total. The third-order valence-corrected chi connectivity index (χ3v) is 2.75. The minimum Gasteiger partial charge on any atom is -0.207 e.